The fourth-order valence-corrected chi connectivity index (χ4v) is 20.3. The smallest absolute Gasteiger partial charge is 0.290 e. The van der Waals surface area contributed by atoms with Crippen LogP contribution in [-0.4, -0.2) is 296 Å². The van der Waals surface area contributed by atoms with Crippen molar-refractivity contribution in [1.29, 1.82) is 0 Å². The number of carbonyl (C=O) groups excluding carboxylic acids is 10. The average molecular weight is 1960 g/mol. The van der Waals surface area contributed by atoms with E-state index in [1.165, 1.54) is 45.2 Å². The molecular weight excluding hydrogens is 1820 g/mol. The highest BCUT2D eigenvalue weighted by atomic mass is 32.1. The average Bonchev–Trinajstić information content (AvgIpc) is 1.64. The van der Waals surface area contributed by atoms with Crippen molar-refractivity contribution in [2.45, 2.75) is 284 Å². The van der Waals surface area contributed by atoms with Crippen molar-refractivity contribution < 1.29 is 47.9 Å². The Morgan fingerprint density at radius 3 is 1.30 bits per heavy atom. The number of allylic oxidation sites excluding steroid dienone is 1. The topological polar surface area (TPSA) is 341 Å². The summed E-state index contributed by atoms with van der Waals surface area (Å²) in [6.07, 6.45) is 26.0. The van der Waals surface area contributed by atoms with E-state index in [0.717, 1.165) is 168 Å². The standard InChI is InChI=1S/C11H15NO.C10H14N2O.C10H12N2O.2C10H14N2O.C9H13N3O.C9H12N2OS.2C9H12N2O.2C8H10N2OS/c1-8(2)12-7-6-9-4-3-5-10(9)11(12)13;2*1-7(2)12-6-4-8-3-5-11-9(8)10(12)13;2*1-8(2)12-7-6-11-5-3-4-9(11)10(12)13;1-7(2)12-6-5-11-4-3-10-8(11)9(12)13;1-6(2)11-4-3-7-8(9(11)12)13-5-10-7;1-6(2)11-5-8-7(9(11)12)3-4-10-8;1-6(2)11-5-7-3-4-10-8(7)9(11)12;2*1-5(2)10-3-6-7(8(10)11)12-4-9-6/h3,5,8H,4,6-7H2,1-2H3;5,7H,3-4,6H2,1-2H3;3-4,6-7H,5H2,1-2H3;2*3-5,8H,6-7H2,1-2H3;3-4,7H,5-6H2,1-2H3;5-6H,3-4H2,1-2H3;2*3,6H,4-5H2,1-2H3;2*4-5H,3H2,1-2H3. The number of aliphatic imine (C=N–C) groups is 3. The molecule has 2 saturated heterocycles. The van der Waals surface area contributed by atoms with Gasteiger partial charge in [0, 0.05) is 198 Å². The van der Waals surface area contributed by atoms with Gasteiger partial charge in [-0.1, -0.05) is 29.9 Å². The molecular formula is C103H138N22O11S3. The number of rotatable bonds is 11. The summed E-state index contributed by atoms with van der Waals surface area (Å²) in [5.41, 5.74) is 17.6. The zero-order valence-electron chi connectivity index (χ0n) is 84.7. The molecule has 2 fully saturated rings. The van der Waals surface area contributed by atoms with E-state index in [-0.39, 0.29) is 107 Å². The fourth-order valence-electron chi connectivity index (χ4n) is 18.0. The Labute approximate surface area is 828 Å². The Morgan fingerprint density at radius 2 is 0.791 bits per heavy atom. The van der Waals surface area contributed by atoms with E-state index in [4.69, 9.17) is 0 Å². The number of likely N-dealkylation sites (tertiary alicyclic amines) is 2. The summed E-state index contributed by atoms with van der Waals surface area (Å²) in [4.78, 5) is 183. The molecule has 7 aromatic heterocycles. The van der Waals surface area contributed by atoms with Crippen molar-refractivity contribution in [3.63, 3.8) is 0 Å². The first-order valence-corrected chi connectivity index (χ1v) is 51.4. The van der Waals surface area contributed by atoms with Gasteiger partial charge in [-0.05, 0) is 214 Å². The maximum Gasteiger partial charge on any atom is 0.290 e. The largest absolute Gasteiger partial charge is 0.342 e. The predicted octanol–water partition coefficient (Wildman–Crippen LogP) is 12.3. The van der Waals surface area contributed by atoms with E-state index in [0.29, 0.717) is 86.0 Å². The summed E-state index contributed by atoms with van der Waals surface area (Å²) < 4.78 is 7.64. The normalized spacial score (nSPS) is 18.0. The molecule has 36 heteroatoms. The lowest BCUT2D eigenvalue weighted by Crippen LogP contribution is -2.44. The fraction of sp³-hybridized carbons (Fsp3) is 0.524. The first kappa shape index (κ1) is 106. The highest BCUT2D eigenvalue weighted by Gasteiger charge is 2.40. The third kappa shape index (κ3) is 24.4. The van der Waals surface area contributed by atoms with Crippen LogP contribution >= 0.6 is 34.0 Å². The molecule has 7 aromatic rings. The van der Waals surface area contributed by atoms with Crippen LogP contribution in [0.25, 0.3) is 6.08 Å². The quantitative estimate of drug-likeness (QED) is 0.116. The molecule has 0 unspecified atom stereocenters. The van der Waals surface area contributed by atoms with Gasteiger partial charge in [-0.2, -0.15) is 0 Å². The molecule has 14 aliphatic heterocycles. The van der Waals surface area contributed by atoms with Crippen molar-refractivity contribution in [2.24, 2.45) is 20.0 Å². The molecule has 10 amide bonds. The van der Waals surface area contributed by atoms with Gasteiger partial charge < -0.3 is 67.3 Å². The van der Waals surface area contributed by atoms with Gasteiger partial charge in [-0.15, -0.1) is 34.0 Å². The molecule has 0 aromatic carbocycles. The number of aromatic nitrogens is 8. The molecule has 33 nitrogen and oxygen atoms in total. The maximum atomic E-state index is 11.9. The first-order chi connectivity index (χ1) is 66.2. The summed E-state index contributed by atoms with van der Waals surface area (Å²) >= 11 is 4.33. The molecule has 21 heterocycles. The summed E-state index contributed by atoms with van der Waals surface area (Å²) in [5, 5.41) is 1.60. The number of thiazole rings is 3. The number of hydrogen-bond donors (Lipinski definition) is 0. The van der Waals surface area contributed by atoms with Crippen LogP contribution in [0.5, 0.6) is 0 Å². The lowest BCUT2D eigenvalue weighted by atomic mass is 10.0. The lowest BCUT2D eigenvalue weighted by Gasteiger charge is -2.31. The van der Waals surface area contributed by atoms with Gasteiger partial charge in [0.1, 0.15) is 42.8 Å². The molecule has 0 saturated carbocycles. The van der Waals surface area contributed by atoms with E-state index < -0.39 is 0 Å². The molecule has 0 spiro atoms. The third-order valence-electron chi connectivity index (χ3n) is 26.1. The van der Waals surface area contributed by atoms with Crippen molar-refractivity contribution in [1.82, 2.24) is 87.2 Å². The SMILES string of the molecule is CC(C)N1CC2=CCN=C2C1=O.CC(C)N1CC2=NCC=C2C1=O.CC(C)N1CCC2=C(C=CC2)C1=O.CC(C)N1CCC2=C(N=CC2)C1=O.CC(C)N1CCc2ncsc2C1=O.CC(C)N1CCn2cccc2C1=O.CC(C)N1CCn2cccc2C1=O.CC(C)N1CCn2ccnc2C1=O.CC(C)N1Cc2ncsc2C1=O.CC(C)N1Cc2ncsc2C1=O.CC(C)n1ccc2c(c1=O)=NCC=2. The number of nitrogens with zero attached hydrogens (tertiary/aromatic N) is 22. The minimum Gasteiger partial charge on any atom is -0.342 e. The monoisotopic (exact) mass is 1960 g/mol. The van der Waals surface area contributed by atoms with Crippen LogP contribution in [0, 0.1) is 0 Å². The first-order valence-electron chi connectivity index (χ1n) is 48.7. The van der Waals surface area contributed by atoms with Gasteiger partial charge in [0.2, 0.25) is 0 Å². The lowest BCUT2D eigenvalue weighted by molar-refractivity contribution is -0.130. The van der Waals surface area contributed by atoms with Crippen molar-refractivity contribution in [3.05, 3.63) is 206 Å². The van der Waals surface area contributed by atoms with E-state index in [1.807, 2.05) is 259 Å². The number of imidazole rings is 1. The van der Waals surface area contributed by atoms with Crippen molar-refractivity contribution >= 4 is 117 Å². The summed E-state index contributed by atoms with van der Waals surface area (Å²) in [7, 11) is 0. The van der Waals surface area contributed by atoms with Gasteiger partial charge >= 0.3 is 0 Å². The highest BCUT2D eigenvalue weighted by molar-refractivity contribution is 7.12. The molecule has 15 aliphatic rings. The second-order valence-corrected chi connectivity index (χ2v) is 41.4. The van der Waals surface area contributed by atoms with Crippen LogP contribution < -0.4 is 16.1 Å². The predicted molar refractivity (Wildman–Crippen MR) is 545 cm³/mol. The Hall–Kier alpha value is -12.3. The van der Waals surface area contributed by atoms with Crippen LogP contribution in [0.2, 0.25) is 0 Å². The van der Waals surface area contributed by atoms with E-state index in [1.54, 1.807) is 27.3 Å². The summed E-state index contributed by atoms with van der Waals surface area (Å²) in [6, 6.07) is 12.7. The minimum atomic E-state index is 0.0289. The Balaban J connectivity index is 0.000000137. The van der Waals surface area contributed by atoms with E-state index >= 15 is 0 Å². The zero-order valence-corrected chi connectivity index (χ0v) is 87.2. The molecule has 0 bridgehead atoms. The highest BCUT2D eigenvalue weighted by Crippen LogP contribution is 2.33. The van der Waals surface area contributed by atoms with Gasteiger partial charge in [-0.3, -0.25) is 72.7 Å². The Bertz CT molecular complexity index is 5710. The van der Waals surface area contributed by atoms with Crippen molar-refractivity contribution in [2.75, 3.05) is 72.0 Å². The van der Waals surface area contributed by atoms with Gasteiger partial charge in [0.15, 0.2) is 5.82 Å². The second-order valence-electron chi connectivity index (χ2n) is 38.8. The number of hydrogen-bond acceptors (Lipinski definition) is 22. The molecule has 139 heavy (non-hydrogen) atoms. The Kier molecular flexibility index (Phi) is 35.8. The van der Waals surface area contributed by atoms with Crippen molar-refractivity contribution in [3.8, 4) is 0 Å². The zero-order chi connectivity index (χ0) is 101. The summed E-state index contributed by atoms with van der Waals surface area (Å²) in [6.45, 7) is 57.4. The molecule has 0 atom stereocenters. The summed E-state index contributed by atoms with van der Waals surface area (Å²) in [5.74, 6) is 1.97. The van der Waals surface area contributed by atoms with Crippen LogP contribution in [0.4, 0.5) is 0 Å². The van der Waals surface area contributed by atoms with Crippen LogP contribution in [-0.2, 0) is 58.3 Å². The van der Waals surface area contributed by atoms with Gasteiger partial charge in [0.05, 0.1) is 84.2 Å². The third-order valence-corrected chi connectivity index (χ3v) is 28.7. The molecule has 1 aliphatic carbocycles. The van der Waals surface area contributed by atoms with Crippen LogP contribution in [0.15, 0.2) is 160 Å². The molecule has 0 N–H and O–H groups in total. The maximum absolute atomic E-state index is 11.9. The number of carbonyl (C=O) groups is 10. The van der Waals surface area contributed by atoms with E-state index in [2.05, 4.69) is 87.5 Å². The van der Waals surface area contributed by atoms with Crippen LogP contribution in [0.3, 0.4) is 0 Å². The van der Waals surface area contributed by atoms with E-state index in [9.17, 15) is 52.7 Å². The van der Waals surface area contributed by atoms with Gasteiger partial charge in [0.25, 0.3) is 64.6 Å². The number of pyridine rings is 1. The van der Waals surface area contributed by atoms with Crippen LogP contribution in [0.1, 0.15) is 262 Å². The molecule has 0 radical (unpaired) electrons. The molecule has 744 valence electrons. The minimum absolute atomic E-state index is 0.0289. The second kappa shape index (κ2) is 47.1. The number of fused-ring (bicyclic) bond motifs is 9. The number of amides is 10. The Morgan fingerprint density at radius 1 is 0.345 bits per heavy atom. The van der Waals surface area contributed by atoms with Gasteiger partial charge in [-0.25, -0.2) is 19.9 Å². The molecule has 22 rings (SSSR count).